The molecule has 0 aromatic carbocycles. The SMILES string of the molecule is CC(C)n1ccnc(NCc2cccnn2)c1=O. The van der Waals surface area contributed by atoms with Crippen molar-refractivity contribution in [2.75, 3.05) is 5.32 Å². The summed E-state index contributed by atoms with van der Waals surface area (Å²) >= 11 is 0. The Kier molecular flexibility index (Phi) is 3.66. The lowest BCUT2D eigenvalue weighted by Gasteiger charge is -2.11. The van der Waals surface area contributed by atoms with E-state index in [0.29, 0.717) is 12.4 Å². The van der Waals surface area contributed by atoms with Crippen molar-refractivity contribution < 1.29 is 0 Å². The van der Waals surface area contributed by atoms with Crippen LogP contribution in [0.15, 0.2) is 35.5 Å². The predicted octanol–water partition coefficient (Wildman–Crippen LogP) is 1.23. The summed E-state index contributed by atoms with van der Waals surface area (Å²) in [5.74, 6) is 0.330. The molecule has 0 amide bonds. The van der Waals surface area contributed by atoms with Gasteiger partial charge < -0.3 is 9.88 Å². The number of nitrogens with zero attached hydrogens (tertiary/aromatic N) is 4. The van der Waals surface area contributed by atoms with Crippen molar-refractivity contribution in [2.45, 2.75) is 26.4 Å². The largest absolute Gasteiger partial charge is 0.360 e. The van der Waals surface area contributed by atoms with Crippen molar-refractivity contribution in [3.63, 3.8) is 0 Å². The smallest absolute Gasteiger partial charge is 0.293 e. The van der Waals surface area contributed by atoms with Gasteiger partial charge in [0, 0.05) is 24.6 Å². The average Bonchev–Trinajstić information content (AvgIpc) is 2.38. The maximum absolute atomic E-state index is 12.0. The molecule has 2 rings (SSSR count). The van der Waals surface area contributed by atoms with Gasteiger partial charge in [0.25, 0.3) is 5.56 Å². The highest BCUT2D eigenvalue weighted by Gasteiger charge is 2.06. The minimum atomic E-state index is -0.128. The minimum Gasteiger partial charge on any atom is -0.360 e. The van der Waals surface area contributed by atoms with Crippen LogP contribution in [0.4, 0.5) is 5.82 Å². The first-order valence-electron chi connectivity index (χ1n) is 5.76. The molecule has 1 N–H and O–H groups in total. The van der Waals surface area contributed by atoms with Gasteiger partial charge in [-0.3, -0.25) is 4.79 Å². The van der Waals surface area contributed by atoms with E-state index >= 15 is 0 Å². The second kappa shape index (κ2) is 5.39. The maximum atomic E-state index is 12.0. The van der Waals surface area contributed by atoms with Crippen LogP contribution in [0.1, 0.15) is 25.6 Å². The Hall–Kier alpha value is -2.24. The van der Waals surface area contributed by atoms with Gasteiger partial charge in [0.1, 0.15) is 0 Å². The van der Waals surface area contributed by atoms with E-state index < -0.39 is 0 Å². The highest BCUT2D eigenvalue weighted by Crippen LogP contribution is 2.02. The first kappa shape index (κ1) is 12.2. The molecule has 0 fully saturated rings. The molecule has 0 unspecified atom stereocenters. The van der Waals surface area contributed by atoms with Crippen LogP contribution in [0.5, 0.6) is 0 Å². The fraction of sp³-hybridized carbons (Fsp3) is 0.333. The summed E-state index contributed by atoms with van der Waals surface area (Å²) in [7, 11) is 0. The van der Waals surface area contributed by atoms with Crippen LogP contribution < -0.4 is 10.9 Å². The Morgan fingerprint density at radius 2 is 2.22 bits per heavy atom. The van der Waals surface area contributed by atoms with E-state index in [2.05, 4.69) is 20.5 Å². The van der Waals surface area contributed by atoms with Gasteiger partial charge in [0.15, 0.2) is 5.82 Å². The van der Waals surface area contributed by atoms with Crippen molar-refractivity contribution in [2.24, 2.45) is 0 Å². The maximum Gasteiger partial charge on any atom is 0.293 e. The molecule has 0 aliphatic rings. The van der Waals surface area contributed by atoms with E-state index in [0.717, 1.165) is 5.69 Å². The molecule has 6 nitrogen and oxygen atoms in total. The number of aromatic nitrogens is 4. The molecule has 18 heavy (non-hydrogen) atoms. The Morgan fingerprint density at radius 1 is 1.39 bits per heavy atom. The number of nitrogens with one attached hydrogen (secondary N) is 1. The second-order valence-electron chi connectivity index (χ2n) is 4.15. The van der Waals surface area contributed by atoms with Crippen LogP contribution in [0.25, 0.3) is 0 Å². The molecule has 0 bridgehead atoms. The first-order chi connectivity index (χ1) is 8.68. The monoisotopic (exact) mass is 245 g/mol. The van der Waals surface area contributed by atoms with E-state index in [9.17, 15) is 4.79 Å². The van der Waals surface area contributed by atoms with E-state index in [-0.39, 0.29) is 11.6 Å². The molecule has 0 aliphatic carbocycles. The molecular formula is C12H15N5O. The molecule has 0 aliphatic heterocycles. The Bertz CT molecular complexity index is 564. The van der Waals surface area contributed by atoms with Gasteiger partial charge in [-0.25, -0.2) is 4.98 Å². The minimum absolute atomic E-state index is 0.109. The summed E-state index contributed by atoms with van der Waals surface area (Å²) in [6.45, 7) is 4.33. The summed E-state index contributed by atoms with van der Waals surface area (Å²) in [5.41, 5.74) is 0.634. The van der Waals surface area contributed by atoms with Crippen LogP contribution in [-0.2, 0) is 6.54 Å². The lowest BCUT2D eigenvalue weighted by molar-refractivity contribution is 0.575. The third-order valence-electron chi connectivity index (χ3n) is 2.49. The van der Waals surface area contributed by atoms with Gasteiger partial charge in [-0.2, -0.15) is 10.2 Å². The highest BCUT2D eigenvalue weighted by atomic mass is 16.1. The summed E-state index contributed by atoms with van der Waals surface area (Å²) in [4.78, 5) is 16.1. The number of hydrogen-bond donors (Lipinski definition) is 1. The van der Waals surface area contributed by atoms with Gasteiger partial charge in [-0.15, -0.1) is 0 Å². The second-order valence-corrected chi connectivity index (χ2v) is 4.15. The summed E-state index contributed by atoms with van der Waals surface area (Å²) in [6.07, 6.45) is 4.90. The van der Waals surface area contributed by atoms with Crippen molar-refractivity contribution in [3.8, 4) is 0 Å². The molecule has 0 saturated heterocycles. The molecule has 94 valence electrons. The number of rotatable bonds is 4. The van der Waals surface area contributed by atoms with E-state index in [1.807, 2.05) is 19.9 Å². The molecule has 2 heterocycles. The van der Waals surface area contributed by atoms with Crippen molar-refractivity contribution in [1.82, 2.24) is 19.7 Å². The Morgan fingerprint density at radius 3 is 2.89 bits per heavy atom. The summed E-state index contributed by atoms with van der Waals surface area (Å²) in [5, 5.41) is 10.7. The number of anilines is 1. The van der Waals surface area contributed by atoms with Gasteiger partial charge in [-0.05, 0) is 26.0 Å². The first-order valence-corrected chi connectivity index (χ1v) is 5.76. The van der Waals surface area contributed by atoms with Crippen LogP contribution in [-0.4, -0.2) is 19.7 Å². The van der Waals surface area contributed by atoms with Crippen molar-refractivity contribution in [1.29, 1.82) is 0 Å². The molecule has 0 saturated carbocycles. The standard InChI is InChI=1S/C12H15N5O/c1-9(2)17-7-6-13-11(12(17)18)14-8-10-4-3-5-15-16-10/h3-7,9H,8H2,1-2H3,(H,13,14). The predicted molar refractivity (Wildman–Crippen MR) is 68.2 cm³/mol. The Labute approximate surface area is 105 Å². The lowest BCUT2D eigenvalue weighted by Crippen LogP contribution is -2.25. The topological polar surface area (TPSA) is 72.7 Å². The average molecular weight is 245 g/mol. The highest BCUT2D eigenvalue weighted by molar-refractivity contribution is 5.31. The van der Waals surface area contributed by atoms with Crippen molar-refractivity contribution >= 4 is 5.82 Å². The third kappa shape index (κ3) is 2.71. The van der Waals surface area contributed by atoms with Gasteiger partial charge in [0.2, 0.25) is 0 Å². The van der Waals surface area contributed by atoms with E-state index in [1.165, 1.54) is 0 Å². The van der Waals surface area contributed by atoms with Gasteiger partial charge >= 0.3 is 0 Å². The van der Waals surface area contributed by atoms with Crippen LogP contribution >= 0.6 is 0 Å². The zero-order chi connectivity index (χ0) is 13.0. The summed E-state index contributed by atoms with van der Waals surface area (Å²) < 4.78 is 1.63. The van der Waals surface area contributed by atoms with Gasteiger partial charge in [0.05, 0.1) is 12.2 Å². The Balaban J connectivity index is 2.15. The zero-order valence-corrected chi connectivity index (χ0v) is 10.4. The van der Waals surface area contributed by atoms with E-state index in [1.54, 1.807) is 29.2 Å². The molecule has 0 radical (unpaired) electrons. The van der Waals surface area contributed by atoms with Gasteiger partial charge in [-0.1, -0.05) is 0 Å². The lowest BCUT2D eigenvalue weighted by atomic mass is 10.3. The fourth-order valence-corrected chi connectivity index (χ4v) is 1.55. The van der Waals surface area contributed by atoms with Crippen LogP contribution in [0, 0.1) is 0 Å². The quantitative estimate of drug-likeness (QED) is 0.877. The zero-order valence-electron chi connectivity index (χ0n) is 10.4. The fourth-order valence-electron chi connectivity index (χ4n) is 1.55. The molecular weight excluding hydrogens is 230 g/mol. The molecule has 0 atom stereocenters. The third-order valence-corrected chi connectivity index (χ3v) is 2.49. The molecule has 6 heteroatoms. The van der Waals surface area contributed by atoms with E-state index in [4.69, 9.17) is 0 Å². The molecule has 2 aromatic heterocycles. The molecule has 0 spiro atoms. The summed E-state index contributed by atoms with van der Waals surface area (Å²) in [6, 6.07) is 3.75. The van der Waals surface area contributed by atoms with Crippen molar-refractivity contribution in [3.05, 3.63) is 46.8 Å². The molecule has 2 aromatic rings. The van der Waals surface area contributed by atoms with Crippen LogP contribution in [0.3, 0.4) is 0 Å². The number of hydrogen-bond acceptors (Lipinski definition) is 5. The normalized spacial score (nSPS) is 10.6. The van der Waals surface area contributed by atoms with Crippen LogP contribution in [0.2, 0.25) is 0 Å².